The van der Waals surface area contributed by atoms with Gasteiger partial charge in [0.15, 0.2) is 0 Å². The molecular weight excluding hydrogens is 244 g/mol. The molecule has 3 nitrogen and oxygen atoms in total. The zero-order valence-corrected chi connectivity index (χ0v) is 11.8. The van der Waals surface area contributed by atoms with Gasteiger partial charge in [0.1, 0.15) is 17.4 Å². The summed E-state index contributed by atoms with van der Waals surface area (Å²) < 4.78 is 5.96. The lowest BCUT2D eigenvalue weighted by molar-refractivity contribution is 0.0431. The molecule has 2 heterocycles. The topological polar surface area (TPSA) is 37.9 Å². The van der Waals surface area contributed by atoms with Gasteiger partial charge in [0, 0.05) is 4.90 Å². The average molecular weight is 262 g/mol. The highest BCUT2D eigenvalue weighted by Gasteiger charge is 2.31. The molecule has 2 aromatic rings. The van der Waals surface area contributed by atoms with Crippen LogP contribution in [-0.4, -0.2) is 22.3 Å². The van der Waals surface area contributed by atoms with Crippen molar-refractivity contribution in [2.24, 2.45) is 5.92 Å². The van der Waals surface area contributed by atoms with Crippen molar-refractivity contribution in [1.29, 1.82) is 0 Å². The van der Waals surface area contributed by atoms with Gasteiger partial charge in [-0.05, 0) is 37.7 Å². The number of ether oxygens (including phenoxy) is 1. The SMILES string of the molecule is CSc1cccc2[nH]c(C3C[C@H](C)C(C)O3)nc12. The van der Waals surface area contributed by atoms with Gasteiger partial charge in [0.2, 0.25) is 0 Å². The molecule has 0 aliphatic carbocycles. The number of H-pyrrole nitrogens is 1. The maximum atomic E-state index is 5.96. The lowest BCUT2D eigenvalue weighted by Crippen LogP contribution is -2.06. The van der Waals surface area contributed by atoms with Crippen molar-refractivity contribution < 1.29 is 4.74 Å². The Hall–Kier alpha value is -1.00. The van der Waals surface area contributed by atoms with Gasteiger partial charge in [-0.25, -0.2) is 4.98 Å². The van der Waals surface area contributed by atoms with Gasteiger partial charge in [-0.3, -0.25) is 0 Å². The third kappa shape index (κ3) is 1.93. The number of nitrogens with one attached hydrogen (secondary N) is 1. The van der Waals surface area contributed by atoms with Crippen molar-refractivity contribution in [3.05, 3.63) is 24.0 Å². The van der Waals surface area contributed by atoms with Crippen LogP contribution in [0.2, 0.25) is 0 Å². The monoisotopic (exact) mass is 262 g/mol. The van der Waals surface area contributed by atoms with E-state index in [1.165, 1.54) is 4.90 Å². The summed E-state index contributed by atoms with van der Waals surface area (Å²) >= 11 is 1.73. The minimum absolute atomic E-state index is 0.122. The van der Waals surface area contributed by atoms with Gasteiger partial charge in [-0.15, -0.1) is 11.8 Å². The van der Waals surface area contributed by atoms with Gasteiger partial charge in [-0.2, -0.15) is 0 Å². The fourth-order valence-corrected chi connectivity index (χ4v) is 3.06. The fourth-order valence-electron chi connectivity index (χ4n) is 2.50. The second kappa shape index (κ2) is 4.59. The van der Waals surface area contributed by atoms with E-state index in [0.717, 1.165) is 23.3 Å². The molecule has 0 saturated carbocycles. The second-order valence-corrected chi connectivity index (χ2v) is 5.87. The molecule has 3 rings (SSSR count). The van der Waals surface area contributed by atoms with Crippen LogP contribution in [0.15, 0.2) is 23.1 Å². The second-order valence-electron chi connectivity index (χ2n) is 5.02. The summed E-state index contributed by atoms with van der Waals surface area (Å²) in [6.45, 7) is 4.38. The summed E-state index contributed by atoms with van der Waals surface area (Å²) in [6.07, 6.45) is 3.58. The summed E-state index contributed by atoms with van der Waals surface area (Å²) in [4.78, 5) is 9.35. The Bertz CT molecular complexity index is 556. The van der Waals surface area contributed by atoms with Crippen LogP contribution in [0.5, 0.6) is 0 Å². The van der Waals surface area contributed by atoms with Crippen LogP contribution in [-0.2, 0) is 4.74 Å². The van der Waals surface area contributed by atoms with E-state index in [0.29, 0.717) is 12.0 Å². The molecule has 1 aromatic carbocycles. The molecule has 1 aliphatic heterocycles. The van der Waals surface area contributed by atoms with E-state index in [1.54, 1.807) is 11.8 Å². The number of benzene rings is 1. The summed E-state index contributed by atoms with van der Waals surface area (Å²) in [5.41, 5.74) is 2.17. The van der Waals surface area contributed by atoms with Crippen LogP contribution in [0, 0.1) is 5.92 Å². The summed E-state index contributed by atoms with van der Waals surface area (Å²) in [5, 5.41) is 0. The predicted molar refractivity (Wildman–Crippen MR) is 74.9 cm³/mol. The minimum Gasteiger partial charge on any atom is -0.367 e. The highest BCUT2D eigenvalue weighted by Crippen LogP contribution is 2.36. The molecule has 0 radical (unpaired) electrons. The van der Waals surface area contributed by atoms with Crippen molar-refractivity contribution in [2.75, 3.05) is 6.26 Å². The minimum atomic E-state index is 0.122. The first kappa shape index (κ1) is 12.1. The van der Waals surface area contributed by atoms with Crippen LogP contribution >= 0.6 is 11.8 Å². The maximum Gasteiger partial charge on any atom is 0.136 e. The van der Waals surface area contributed by atoms with Crippen molar-refractivity contribution in [1.82, 2.24) is 9.97 Å². The molecule has 0 amide bonds. The molecule has 2 unspecified atom stereocenters. The highest BCUT2D eigenvalue weighted by atomic mass is 32.2. The van der Waals surface area contributed by atoms with E-state index in [-0.39, 0.29) is 6.10 Å². The zero-order chi connectivity index (χ0) is 12.7. The van der Waals surface area contributed by atoms with E-state index in [9.17, 15) is 0 Å². The Balaban J connectivity index is 1.99. The number of aromatic amines is 1. The number of hydrogen-bond acceptors (Lipinski definition) is 3. The first-order chi connectivity index (χ1) is 8.69. The molecule has 1 fully saturated rings. The number of imidazole rings is 1. The van der Waals surface area contributed by atoms with Crippen LogP contribution in [0.25, 0.3) is 11.0 Å². The molecule has 3 atom stereocenters. The van der Waals surface area contributed by atoms with Crippen LogP contribution in [0.3, 0.4) is 0 Å². The van der Waals surface area contributed by atoms with E-state index in [2.05, 4.69) is 43.3 Å². The number of thioether (sulfide) groups is 1. The molecule has 1 aromatic heterocycles. The van der Waals surface area contributed by atoms with Gasteiger partial charge < -0.3 is 9.72 Å². The predicted octanol–water partition coefficient (Wildman–Crippen LogP) is 3.77. The number of para-hydroxylation sites is 1. The largest absolute Gasteiger partial charge is 0.367 e. The van der Waals surface area contributed by atoms with Crippen molar-refractivity contribution in [3.63, 3.8) is 0 Å². The zero-order valence-electron chi connectivity index (χ0n) is 10.9. The Labute approximate surface area is 111 Å². The molecule has 4 heteroatoms. The van der Waals surface area contributed by atoms with Gasteiger partial charge in [0.05, 0.1) is 11.6 Å². The quantitative estimate of drug-likeness (QED) is 0.837. The Morgan fingerprint density at radius 1 is 1.39 bits per heavy atom. The standard InChI is InChI=1S/C14H18N2OS/c1-8-7-11(17-9(8)2)14-15-10-5-4-6-12(18-3)13(10)16-14/h4-6,8-9,11H,7H2,1-3H3,(H,15,16)/t8-,9?,11?/m0/s1. The van der Waals surface area contributed by atoms with Crippen molar-refractivity contribution in [2.45, 2.75) is 37.4 Å². The summed E-state index contributed by atoms with van der Waals surface area (Å²) in [7, 11) is 0. The first-order valence-corrected chi connectivity index (χ1v) is 7.59. The van der Waals surface area contributed by atoms with E-state index in [4.69, 9.17) is 9.72 Å². The Morgan fingerprint density at radius 2 is 2.22 bits per heavy atom. The lowest BCUT2D eigenvalue weighted by atomic mass is 10.0. The third-order valence-electron chi connectivity index (χ3n) is 3.79. The number of rotatable bonds is 2. The van der Waals surface area contributed by atoms with E-state index < -0.39 is 0 Å². The smallest absolute Gasteiger partial charge is 0.136 e. The molecule has 1 aliphatic rings. The molecule has 1 N–H and O–H groups in total. The average Bonchev–Trinajstić information content (AvgIpc) is 2.93. The Morgan fingerprint density at radius 3 is 2.89 bits per heavy atom. The van der Waals surface area contributed by atoms with Gasteiger partial charge in [0.25, 0.3) is 0 Å². The Kier molecular flexibility index (Phi) is 3.08. The van der Waals surface area contributed by atoms with Crippen molar-refractivity contribution in [3.8, 4) is 0 Å². The third-order valence-corrected chi connectivity index (χ3v) is 4.55. The lowest BCUT2D eigenvalue weighted by Gasteiger charge is -2.07. The first-order valence-electron chi connectivity index (χ1n) is 6.37. The fraction of sp³-hybridized carbons (Fsp3) is 0.500. The molecule has 0 spiro atoms. The van der Waals surface area contributed by atoms with Crippen LogP contribution in [0.4, 0.5) is 0 Å². The van der Waals surface area contributed by atoms with E-state index in [1.807, 2.05) is 0 Å². The molecule has 1 saturated heterocycles. The maximum absolute atomic E-state index is 5.96. The van der Waals surface area contributed by atoms with Crippen LogP contribution in [0.1, 0.15) is 32.2 Å². The number of nitrogens with zero attached hydrogens (tertiary/aromatic N) is 1. The number of hydrogen-bond donors (Lipinski definition) is 1. The molecular formula is C14H18N2OS. The van der Waals surface area contributed by atoms with Crippen LogP contribution < -0.4 is 0 Å². The van der Waals surface area contributed by atoms with Crippen molar-refractivity contribution >= 4 is 22.8 Å². The molecule has 18 heavy (non-hydrogen) atoms. The summed E-state index contributed by atoms with van der Waals surface area (Å²) in [5.74, 6) is 1.57. The molecule has 96 valence electrons. The number of fused-ring (bicyclic) bond motifs is 1. The van der Waals surface area contributed by atoms with E-state index >= 15 is 0 Å². The summed E-state index contributed by atoms with van der Waals surface area (Å²) in [6, 6.07) is 6.25. The normalized spacial score (nSPS) is 28.1. The molecule has 0 bridgehead atoms. The van der Waals surface area contributed by atoms with Gasteiger partial charge >= 0.3 is 0 Å². The number of aromatic nitrogens is 2. The highest BCUT2D eigenvalue weighted by molar-refractivity contribution is 7.98. The van der Waals surface area contributed by atoms with Gasteiger partial charge in [-0.1, -0.05) is 13.0 Å².